The number of aromatic nitrogens is 3. The normalized spacial score (nSPS) is 10.4. The lowest BCUT2D eigenvalue weighted by Gasteiger charge is -2.05. The molecule has 7 heteroatoms. The Labute approximate surface area is 115 Å². The summed E-state index contributed by atoms with van der Waals surface area (Å²) in [5, 5.41) is 10.5. The molecule has 100 valence electrons. The average molecular weight is 277 g/mol. The second-order valence-corrected chi connectivity index (χ2v) is 5.07. The summed E-state index contributed by atoms with van der Waals surface area (Å²) in [6.07, 6.45) is 1.57. The van der Waals surface area contributed by atoms with E-state index in [1.54, 1.807) is 18.3 Å². The Morgan fingerprint density at radius 3 is 2.84 bits per heavy atom. The molecule has 0 aliphatic carbocycles. The topological polar surface area (TPSA) is 96.7 Å². The lowest BCUT2D eigenvalue weighted by molar-refractivity contribution is -0.113. The highest BCUT2D eigenvalue weighted by atomic mass is 32.2. The van der Waals surface area contributed by atoms with Crippen LogP contribution in [0.3, 0.4) is 0 Å². The van der Waals surface area contributed by atoms with E-state index in [1.165, 1.54) is 11.8 Å². The Balaban J connectivity index is 1.90. The number of nitrogens with two attached hydrogens (primary N) is 1. The van der Waals surface area contributed by atoms with E-state index in [1.807, 2.05) is 13.8 Å². The molecule has 0 aliphatic heterocycles. The van der Waals surface area contributed by atoms with Crippen molar-refractivity contribution in [2.75, 3.05) is 16.8 Å². The summed E-state index contributed by atoms with van der Waals surface area (Å²) in [6, 6.07) is 3.55. The molecule has 4 N–H and O–H groups in total. The molecule has 6 nitrogen and oxygen atoms in total. The zero-order chi connectivity index (χ0) is 13.8. The number of rotatable bonds is 4. The van der Waals surface area contributed by atoms with Gasteiger partial charge in [-0.25, -0.2) is 4.98 Å². The number of amides is 1. The Bertz CT molecular complexity index is 559. The van der Waals surface area contributed by atoms with Gasteiger partial charge in [-0.3, -0.25) is 9.89 Å². The number of carbonyl (C=O) groups excluding carboxylic acids is 1. The van der Waals surface area contributed by atoms with Crippen LogP contribution >= 0.6 is 11.8 Å². The Morgan fingerprint density at radius 2 is 2.26 bits per heavy atom. The highest BCUT2D eigenvalue weighted by molar-refractivity contribution is 7.99. The van der Waals surface area contributed by atoms with Crippen LogP contribution in [0, 0.1) is 13.8 Å². The second-order valence-electron chi connectivity index (χ2n) is 4.08. The number of hydrogen-bond donors (Lipinski definition) is 3. The van der Waals surface area contributed by atoms with Crippen molar-refractivity contribution in [2.24, 2.45) is 0 Å². The minimum Gasteiger partial charge on any atom is -0.397 e. The fourth-order valence-corrected chi connectivity index (χ4v) is 2.17. The quantitative estimate of drug-likeness (QED) is 0.740. The minimum atomic E-state index is -0.0868. The predicted molar refractivity (Wildman–Crippen MR) is 76.1 cm³/mol. The Morgan fingerprint density at radius 1 is 1.47 bits per heavy atom. The molecule has 0 saturated carbocycles. The first-order valence-electron chi connectivity index (χ1n) is 5.72. The van der Waals surface area contributed by atoms with E-state index in [-0.39, 0.29) is 5.91 Å². The number of H-pyrrole nitrogens is 1. The van der Waals surface area contributed by atoms with Gasteiger partial charge in [-0.15, -0.1) is 0 Å². The molecule has 0 fully saturated rings. The van der Waals surface area contributed by atoms with Crippen molar-refractivity contribution in [2.45, 2.75) is 18.9 Å². The average Bonchev–Trinajstić information content (AvgIpc) is 2.70. The number of nitrogens with one attached hydrogen (secondary N) is 2. The lowest BCUT2D eigenvalue weighted by Crippen LogP contribution is -2.15. The predicted octanol–water partition coefficient (Wildman–Crippen LogP) is 1.73. The maximum absolute atomic E-state index is 11.8. The van der Waals surface area contributed by atoms with E-state index >= 15 is 0 Å². The molecule has 0 atom stereocenters. The van der Waals surface area contributed by atoms with Gasteiger partial charge in [0, 0.05) is 0 Å². The Kier molecular flexibility index (Phi) is 4.06. The van der Waals surface area contributed by atoms with E-state index in [4.69, 9.17) is 5.73 Å². The van der Waals surface area contributed by atoms with Crippen molar-refractivity contribution in [3.63, 3.8) is 0 Å². The number of hydrogen-bond acceptors (Lipinski definition) is 5. The summed E-state index contributed by atoms with van der Waals surface area (Å²) in [6.45, 7) is 3.71. The highest BCUT2D eigenvalue weighted by Crippen LogP contribution is 2.19. The van der Waals surface area contributed by atoms with Crippen molar-refractivity contribution in [1.29, 1.82) is 0 Å². The van der Waals surface area contributed by atoms with E-state index in [2.05, 4.69) is 20.5 Å². The van der Waals surface area contributed by atoms with Crippen LogP contribution in [0.2, 0.25) is 0 Å². The van der Waals surface area contributed by atoms with Crippen LogP contribution in [-0.2, 0) is 4.79 Å². The fraction of sp³-hybridized carbons (Fsp3) is 0.250. The molecule has 0 aromatic carbocycles. The van der Waals surface area contributed by atoms with Crippen LogP contribution in [0.1, 0.15) is 11.4 Å². The second kappa shape index (κ2) is 5.75. The number of nitrogen functional groups attached to an aromatic ring is 1. The number of carbonyl (C=O) groups is 1. The molecular weight excluding hydrogens is 262 g/mol. The number of aryl methyl sites for hydroxylation is 2. The number of pyridine rings is 1. The molecule has 0 saturated heterocycles. The van der Waals surface area contributed by atoms with E-state index in [9.17, 15) is 4.79 Å². The molecule has 0 unspecified atom stereocenters. The molecule has 2 heterocycles. The maximum Gasteiger partial charge on any atom is 0.234 e. The standard InChI is InChI=1S/C12H15N5OS/c1-7-12(8(2)17-16-7)15-10(18)6-19-11-4-3-9(13)5-14-11/h3-5H,6,13H2,1-2H3,(H,15,18)(H,16,17). The van der Waals surface area contributed by atoms with Crippen LogP contribution in [0.15, 0.2) is 23.4 Å². The van der Waals surface area contributed by atoms with Gasteiger partial charge < -0.3 is 11.1 Å². The molecule has 2 aromatic rings. The number of anilines is 2. The molecule has 0 spiro atoms. The third-order valence-corrected chi connectivity index (χ3v) is 3.45. The molecule has 19 heavy (non-hydrogen) atoms. The van der Waals surface area contributed by atoms with Crippen molar-refractivity contribution < 1.29 is 4.79 Å². The van der Waals surface area contributed by atoms with Crippen LogP contribution in [0.25, 0.3) is 0 Å². The highest BCUT2D eigenvalue weighted by Gasteiger charge is 2.10. The van der Waals surface area contributed by atoms with Gasteiger partial charge in [-0.1, -0.05) is 11.8 Å². The van der Waals surface area contributed by atoms with Crippen molar-refractivity contribution in [3.05, 3.63) is 29.7 Å². The zero-order valence-electron chi connectivity index (χ0n) is 10.7. The maximum atomic E-state index is 11.8. The van der Waals surface area contributed by atoms with Crippen molar-refractivity contribution in [1.82, 2.24) is 15.2 Å². The number of nitrogens with zero attached hydrogens (tertiary/aromatic N) is 2. The first-order valence-corrected chi connectivity index (χ1v) is 6.70. The summed E-state index contributed by atoms with van der Waals surface area (Å²) in [4.78, 5) is 16.0. The molecular formula is C12H15N5OS. The molecule has 0 aliphatic rings. The van der Waals surface area contributed by atoms with Crippen LogP contribution in [0.4, 0.5) is 11.4 Å². The van der Waals surface area contributed by atoms with Gasteiger partial charge in [0.05, 0.1) is 39.7 Å². The first kappa shape index (κ1) is 13.4. The number of thioether (sulfide) groups is 1. The summed E-state index contributed by atoms with van der Waals surface area (Å²) in [5.74, 6) is 0.206. The first-order chi connectivity index (χ1) is 9.06. The van der Waals surface area contributed by atoms with E-state index in [0.29, 0.717) is 11.4 Å². The van der Waals surface area contributed by atoms with Gasteiger partial charge >= 0.3 is 0 Å². The SMILES string of the molecule is Cc1n[nH]c(C)c1NC(=O)CSc1ccc(N)cn1. The zero-order valence-corrected chi connectivity index (χ0v) is 11.5. The van der Waals surface area contributed by atoms with Crippen LogP contribution in [0.5, 0.6) is 0 Å². The van der Waals surface area contributed by atoms with E-state index < -0.39 is 0 Å². The van der Waals surface area contributed by atoms with Crippen LogP contribution < -0.4 is 11.1 Å². The summed E-state index contributed by atoms with van der Waals surface area (Å²) < 4.78 is 0. The van der Waals surface area contributed by atoms with Gasteiger partial charge in [0.2, 0.25) is 5.91 Å². The van der Waals surface area contributed by atoms with Crippen LogP contribution in [-0.4, -0.2) is 26.8 Å². The van der Waals surface area contributed by atoms with Gasteiger partial charge in [0.15, 0.2) is 0 Å². The Hall–Kier alpha value is -2.02. The molecule has 2 rings (SSSR count). The number of aromatic amines is 1. The minimum absolute atomic E-state index is 0.0868. The summed E-state index contributed by atoms with van der Waals surface area (Å²) in [5.41, 5.74) is 8.53. The molecule has 1 amide bonds. The van der Waals surface area contributed by atoms with Gasteiger partial charge in [-0.2, -0.15) is 5.10 Å². The third-order valence-electron chi connectivity index (χ3n) is 2.50. The lowest BCUT2D eigenvalue weighted by atomic mass is 10.3. The van der Waals surface area contributed by atoms with Crippen molar-refractivity contribution >= 4 is 29.0 Å². The largest absolute Gasteiger partial charge is 0.397 e. The fourth-order valence-electron chi connectivity index (χ4n) is 1.53. The molecule has 2 aromatic heterocycles. The van der Waals surface area contributed by atoms with Gasteiger partial charge in [0.1, 0.15) is 0 Å². The van der Waals surface area contributed by atoms with Gasteiger partial charge in [-0.05, 0) is 26.0 Å². The summed E-state index contributed by atoms with van der Waals surface area (Å²) >= 11 is 1.36. The van der Waals surface area contributed by atoms with Crippen molar-refractivity contribution in [3.8, 4) is 0 Å². The molecule has 0 radical (unpaired) electrons. The summed E-state index contributed by atoms with van der Waals surface area (Å²) in [7, 11) is 0. The monoisotopic (exact) mass is 277 g/mol. The van der Waals surface area contributed by atoms with Gasteiger partial charge in [0.25, 0.3) is 0 Å². The van der Waals surface area contributed by atoms with E-state index in [0.717, 1.165) is 22.1 Å². The third kappa shape index (κ3) is 3.47. The molecule has 0 bridgehead atoms. The smallest absolute Gasteiger partial charge is 0.234 e.